The average molecular weight is 610 g/mol. The van der Waals surface area contributed by atoms with Crippen LogP contribution in [0.2, 0.25) is 0 Å². The second-order valence-electron chi connectivity index (χ2n) is 11.3. The molecule has 7 nitrogen and oxygen atoms in total. The van der Waals surface area contributed by atoms with Crippen molar-refractivity contribution in [2.24, 2.45) is 0 Å². The van der Waals surface area contributed by atoms with E-state index in [0.717, 1.165) is 43.6 Å². The maximum absolute atomic E-state index is 11.0. The van der Waals surface area contributed by atoms with E-state index in [4.69, 9.17) is 0 Å². The van der Waals surface area contributed by atoms with Crippen molar-refractivity contribution >= 4 is 43.6 Å². The van der Waals surface area contributed by atoms with E-state index < -0.39 is 0 Å². The predicted molar refractivity (Wildman–Crippen MR) is 184 cm³/mol. The van der Waals surface area contributed by atoms with E-state index in [2.05, 4.69) is 30.3 Å². The highest BCUT2D eigenvalue weighted by atomic mass is 15.0. The molecule has 8 aromatic rings. The minimum atomic E-state index is 0.0665. The lowest BCUT2D eigenvalue weighted by molar-refractivity contribution is 1.14. The van der Waals surface area contributed by atoms with Crippen molar-refractivity contribution in [2.75, 3.05) is 0 Å². The van der Waals surface area contributed by atoms with Gasteiger partial charge in [0.2, 0.25) is 0 Å². The second kappa shape index (κ2) is 10.8. The summed E-state index contributed by atoms with van der Waals surface area (Å²) in [4.78, 5) is 0. The Hall–Kier alpha value is -7.63. The summed E-state index contributed by atoms with van der Waals surface area (Å²) in [5.41, 5.74) is 5.29. The highest BCUT2D eigenvalue weighted by Gasteiger charge is 2.28. The summed E-state index contributed by atoms with van der Waals surface area (Å²) < 4.78 is 3.83. The molecule has 0 saturated carbocycles. The van der Waals surface area contributed by atoms with Crippen LogP contribution in [-0.2, 0) is 0 Å². The molecular formula is C41H19N7. The van der Waals surface area contributed by atoms with Gasteiger partial charge in [-0.25, -0.2) is 0 Å². The van der Waals surface area contributed by atoms with Crippen LogP contribution < -0.4 is 0 Å². The highest BCUT2D eigenvalue weighted by molar-refractivity contribution is 6.11. The normalized spacial score (nSPS) is 10.8. The van der Waals surface area contributed by atoms with Gasteiger partial charge in [-0.15, -0.1) is 0 Å². The van der Waals surface area contributed by atoms with Crippen LogP contribution in [0.25, 0.3) is 66.1 Å². The minimum absolute atomic E-state index is 0.0665. The SMILES string of the molecule is N#Cc1ccc(-c2cc(C#N)c(C#N)c(-n3c4ccccc4c4ccccc43)c2C#N)c(-n2c3ccccc3c3ccccc32)c1C#N. The van der Waals surface area contributed by atoms with Crippen molar-refractivity contribution in [3.63, 3.8) is 0 Å². The molecule has 2 heterocycles. The minimum Gasteiger partial charge on any atom is -0.307 e. The number of hydrogen-bond donors (Lipinski definition) is 0. The zero-order valence-electron chi connectivity index (χ0n) is 25.1. The molecule has 0 atom stereocenters. The summed E-state index contributed by atoms with van der Waals surface area (Å²) >= 11 is 0. The van der Waals surface area contributed by atoms with Crippen molar-refractivity contribution in [3.05, 3.63) is 143 Å². The summed E-state index contributed by atoms with van der Waals surface area (Å²) in [6.45, 7) is 0. The van der Waals surface area contributed by atoms with Gasteiger partial charge in [-0.05, 0) is 36.4 Å². The third kappa shape index (κ3) is 3.76. The molecular weight excluding hydrogens is 591 g/mol. The lowest BCUT2D eigenvalue weighted by Crippen LogP contribution is -2.08. The molecule has 2 aromatic heterocycles. The van der Waals surface area contributed by atoms with Gasteiger partial charge in [0.1, 0.15) is 30.3 Å². The largest absolute Gasteiger partial charge is 0.307 e. The van der Waals surface area contributed by atoms with Crippen molar-refractivity contribution in [1.29, 1.82) is 26.3 Å². The lowest BCUT2D eigenvalue weighted by Gasteiger charge is -2.20. The molecule has 8 rings (SSSR count). The summed E-state index contributed by atoms with van der Waals surface area (Å²) in [5, 5.41) is 56.5. The molecule has 218 valence electrons. The number of nitrogens with zero attached hydrogens (tertiary/aromatic N) is 7. The van der Waals surface area contributed by atoms with Gasteiger partial charge < -0.3 is 9.13 Å². The zero-order chi connectivity index (χ0) is 32.9. The number of aromatic nitrogens is 2. The number of nitriles is 5. The van der Waals surface area contributed by atoms with Crippen LogP contribution in [0.15, 0.2) is 115 Å². The molecule has 0 aliphatic rings. The fourth-order valence-corrected chi connectivity index (χ4v) is 6.99. The summed E-state index contributed by atoms with van der Waals surface area (Å²) in [6.07, 6.45) is 0. The Morgan fingerprint density at radius 1 is 0.354 bits per heavy atom. The zero-order valence-corrected chi connectivity index (χ0v) is 25.1. The summed E-state index contributed by atoms with van der Waals surface area (Å²) in [5.74, 6) is 0. The van der Waals surface area contributed by atoms with E-state index in [0.29, 0.717) is 16.8 Å². The van der Waals surface area contributed by atoms with Crippen LogP contribution in [0, 0.1) is 56.7 Å². The molecule has 0 saturated heterocycles. The Bertz CT molecular complexity index is 2800. The van der Waals surface area contributed by atoms with Gasteiger partial charge in [0, 0.05) is 32.7 Å². The average Bonchev–Trinajstić information content (AvgIpc) is 3.66. The fraction of sp³-hybridized carbons (Fsp3) is 0. The third-order valence-corrected chi connectivity index (χ3v) is 8.95. The van der Waals surface area contributed by atoms with E-state index in [1.165, 1.54) is 0 Å². The van der Waals surface area contributed by atoms with Crippen LogP contribution in [0.5, 0.6) is 0 Å². The standard InChI is InChI=1S/C41H19N7/c42-20-25-17-18-31(40(33(25)22-44)47-36-13-5-1-9-27(36)28-10-2-6-14-37(28)47)32-19-26(21-43)34(23-45)41(35(32)24-46)48-38-15-7-3-11-29(38)30-12-4-8-16-39(30)48/h1-19H. The lowest BCUT2D eigenvalue weighted by atomic mass is 9.89. The summed E-state index contributed by atoms with van der Waals surface area (Å²) in [6, 6.07) is 47.2. The van der Waals surface area contributed by atoms with E-state index in [-0.39, 0.29) is 33.5 Å². The van der Waals surface area contributed by atoms with Crippen molar-refractivity contribution in [2.45, 2.75) is 0 Å². The number of fused-ring (bicyclic) bond motifs is 6. The van der Waals surface area contributed by atoms with Crippen molar-refractivity contribution in [3.8, 4) is 52.8 Å². The topological polar surface area (TPSA) is 129 Å². The van der Waals surface area contributed by atoms with Crippen LogP contribution in [0.3, 0.4) is 0 Å². The van der Waals surface area contributed by atoms with Crippen LogP contribution >= 0.6 is 0 Å². The Kier molecular flexibility index (Phi) is 6.26. The Morgan fingerprint density at radius 3 is 1.17 bits per heavy atom. The molecule has 0 spiro atoms. The first-order valence-electron chi connectivity index (χ1n) is 15.0. The third-order valence-electron chi connectivity index (χ3n) is 8.95. The maximum atomic E-state index is 11.0. The number of para-hydroxylation sites is 4. The van der Waals surface area contributed by atoms with Gasteiger partial charge in [-0.2, -0.15) is 26.3 Å². The monoisotopic (exact) mass is 609 g/mol. The van der Waals surface area contributed by atoms with E-state index in [1.807, 2.05) is 106 Å². The molecule has 0 N–H and O–H groups in total. The first-order valence-corrected chi connectivity index (χ1v) is 15.0. The van der Waals surface area contributed by atoms with Gasteiger partial charge in [0.05, 0.1) is 61.3 Å². The Labute approximate surface area is 274 Å². The maximum Gasteiger partial charge on any atom is 0.103 e. The predicted octanol–water partition coefficient (Wildman–Crippen LogP) is 8.91. The van der Waals surface area contributed by atoms with E-state index in [9.17, 15) is 26.3 Å². The molecule has 0 bridgehead atoms. The smallest absolute Gasteiger partial charge is 0.103 e. The molecule has 48 heavy (non-hydrogen) atoms. The van der Waals surface area contributed by atoms with Gasteiger partial charge in [-0.3, -0.25) is 0 Å². The number of hydrogen-bond acceptors (Lipinski definition) is 5. The van der Waals surface area contributed by atoms with Crippen molar-refractivity contribution in [1.82, 2.24) is 9.13 Å². The molecule has 0 unspecified atom stereocenters. The van der Waals surface area contributed by atoms with Gasteiger partial charge >= 0.3 is 0 Å². The summed E-state index contributed by atoms with van der Waals surface area (Å²) in [7, 11) is 0. The van der Waals surface area contributed by atoms with Crippen molar-refractivity contribution < 1.29 is 0 Å². The van der Waals surface area contributed by atoms with Crippen LogP contribution in [-0.4, -0.2) is 9.13 Å². The quantitative estimate of drug-likeness (QED) is 0.197. The molecule has 0 fully saturated rings. The number of benzene rings is 6. The fourth-order valence-electron chi connectivity index (χ4n) is 6.99. The molecule has 6 aromatic carbocycles. The highest BCUT2D eigenvalue weighted by Crippen LogP contribution is 2.43. The van der Waals surface area contributed by atoms with Crippen LogP contribution in [0.4, 0.5) is 0 Å². The van der Waals surface area contributed by atoms with Gasteiger partial charge in [0.15, 0.2) is 0 Å². The van der Waals surface area contributed by atoms with Gasteiger partial charge in [-0.1, -0.05) is 78.9 Å². The molecule has 0 aliphatic heterocycles. The first-order chi connectivity index (χ1) is 23.6. The molecule has 0 aliphatic carbocycles. The first kappa shape index (κ1) is 27.9. The Morgan fingerprint density at radius 2 is 0.750 bits per heavy atom. The molecule has 7 heteroatoms. The van der Waals surface area contributed by atoms with Gasteiger partial charge in [0.25, 0.3) is 0 Å². The number of rotatable bonds is 3. The molecule has 0 radical (unpaired) electrons. The van der Waals surface area contributed by atoms with E-state index >= 15 is 0 Å². The van der Waals surface area contributed by atoms with E-state index in [1.54, 1.807) is 18.2 Å². The second-order valence-corrected chi connectivity index (χ2v) is 11.3. The Balaban J connectivity index is 1.59. The van der Waals surface area contributed by atoms with Crippen LogP contribution in [0.1, 0.15) is 27.8 Å². The molecule has 0 amide bonds.